The molecule has 0 radical (unpaired) electrons. The molecule has 2 atom stereocenters. The van der Waals surface area contributed by atoms with Gasteiger partial charge < -0.3 is 10.5 Å². The van der Waals surface area contributed by atoms with Crippen molar-refractivity contribution in [3.63, 3.8) is 0 Å². The Morgan fingerprint density at radius 2 is 2.06 bits per heavy atom. The molecule has 1 aromatic rings. The second-order valence-electron chi connectivity index (χ2n) is 5.34. The van der Waals surface area contributed by atoms with Crippen LogP contribution in [0.3, 0.4) is 0 Å². The van der Waals surface area contributed by atoms with Gasteiger partial charge in [0, 0.05) is 0 Å². The van der Waals surface area contributed by atoms with Crippen LogP contribution in [-0.2, 0) is 0 Å². The number of ether oxygens (including phenoxy) is 1. The lowest BCUT2D eigenvalue weighted by Crippen LogP contribution is -2.05. The maximum atomic E-state index is 5.83. The molecular weight excluding hydrogens is 198 g/mol. The topological polar surface area (TPSA) is 35.2 Å². The zero-order valence-electron chi connectivity index (χ0n) is 10.6. The molecule has 1 aliphatic rings. The number of benzene rings is 1. The Kier molecular flexibility index (Phi) is 2.70. The number of methoxy groups -OCH3 is 1. The van der Waals surface area contributed by atoms with Crippen LogP contribution in [0.5, 0.6) is 5.75 Å². The Hall–Kier alpha value is -1.02. The van der Waals surface area contributed by atoms with Crippen LogP contribution < -0.4 is 10.5 Å². The van der Waals surface area contributed by atoms with Gasteiger partial charge in [0.05, 0.1) is 7.11 Å². The molecule has 0 aliphatic heterocycles. The molecule has 88 valence electrons. The van der Waals surface area contributed by atoms with E-state index in [-0.39, 0.29) is 0 Å². The lowest BCUT2D eigenvalue weighted by atomic mass is 10.00. The highest BCUT2D eigenvalue weighted by atomic mass is 16.5. The second kappa shape index (κ2) is 3.77. The van der Waals surface area contributed by atoms with E-state index in [2.05, 4.69) is 39.0 Å². The maximum absolute atomic E-state index is 5.83. The van der Waals surface area contributed by atoms with Gasteiger partial charge in [-0.1, -0.05) is 32.0 Å². The highest BCUT2D eigenvalue weighted by molar-refractivity contribution is 5.47. The Balaban J connectivity index is 2.39. The van der Waals surface area contributed by atoms with Crippen LogP contribution in [0, 0.1) is 18.3 Å². The molecule has 0 aromatic heterocycles. The first kappa shape index (κ1) is 11.5. The molecule has 0 unspecified atom stereocenters. The average molecular weight is 219 g/mol. The molecule has 1 aliphatic carbocycles. The van der Waals surface area contributed by atoms with Crippen molar-refractivity contribution in [2.45, 2.75) is 26.7 Å². The van der Waals surface area contributed by atoms with Crippen molar-refractivity contribution in [3.05, 3.63) is 29.3 Å². The van der Waals surface area contributed by atoms with Crippen molar-refractivity contribution in [2.24, 2.45) is 17.1 Å². The zero-order chi connectivity index (χ0) is 11.9. The summed E-state index contributed by atoms with van der Waals surface area (Å²) in [5, 5.41) is 0. The molecule has 1 aromatic carbocycles. The first-order valence-electron chi connectivity index (χ1n) is 5.87. The minimum absolute atomic E-state index is 0.315. The molecule has 0 amide bonds. The summed E-state index contributed by atoms with van der Waals surface area (Å²) in [6.45, 7) is 7.43. The standard InChI is InChI=1S/C14H21NO/c1-9-6-5-7-10(13(9)16-4)12-11(8-15)14(12,2)3/h5-7,11-12H,8,15H2,1-4H3/t11-,12-/m0/s1. The van der Waals surface area contributed by atoms with Crippen molar-refractivity contribution < 1.29 is 4.74 Å². The fourth-order valence-electron chi connectivity index (χ4n) is 3.00. The SMILES string of the molecule is COc1c(C)cccc1[C@H]1[C@H](CN)C1(C)C. The third-order valence-corrected chi connectivity index (χ3v) is 4.09. The van der Waals surface area contributed by atoms with E-state index in [9.17, 15) is 0 Å². The summed E-state index contributed by atoms with van der Waals surface area (Å²) in [6, 6.07) is 6.37. The van der Waals surface area contributed by atoms with Crippen LogP contribution >= 0.6 is 0 Å². The number of hydrogen-bond donors (Lipinski definition) is 1. The van der Waals surface area contributed by atoms with Crippen LogP contribution in [0.25, 0.3) is 0 Å². The van der Waals surface area contributed by atoms with Crippen molar-refractivity contribution in [2.75, 3.05) is 13.7 Å². The predicted molar refractivity (Wildman–Crippen MR) is 66.8 cm³/mol. The van der Waals surface area contributed by atoms with E-state index in [1.165, 1.54) is 11.1 Å². The quantitative estimate of drug-likeness (QED) is 0.848. The summed E-state index contributed by atoms with van der Waals surface area (Å²) >= 11 is 0. The molecule has 0 saturated heterocycles. The predicted octanol–water partition coefficient (Wildman–Crippen LogP) is 2.70. The van der Waals surface area contributed by atoms with Gasteiger partial charge in [0.15, 0.2) is 0 Å². The number of para-hydroxylation sites is 1. The second-order valence-corrected chi connectivity index (χ2v) is 5.34. The summed E-state index contributed by atoms with van der Waals surface area (Å²) in [6.07, 6.45) is 0. The lowest BCUT2D eigenvalue weighted by molar-refractivity contribution is 0.404. The van der Waals surface area contributed by atoms with E-state index in [1.807, 2.05) is 0 Å². The third-order valence-electron chi connectivity index (χ3n) is 4.09. The van der Waals surface area contributed by atoms with E-state index < -0.39 is 0 Å². The third kappa shape index (κ3) is 1.52. The normalized spacial score (nSPS) is 26.6. The first-order valence-corrected chi connectivity index (χ1v) is 5.87. The van der Waals surface area contributed by atoms with Crippen LogP contribution in [0.1, 0.15) is 30.9 Å². The smallest absolute Gasteiger partial charge is 0.125 e. The molecule has 0 spiro atoms. The summed E-state index contributed by atoms with van der Waals surface area (Å²) < 4.78 is 5.52. The Morgan fingerprint density at radius 1 is 1.38 bits per heavy atom. The minimum Gasteiger partial charge on any atom is -0.496 e. The monoisotopic (exact) mass is 219 g/mol. The van der Waals surface area contributed by atoms with E-state index in [0.717, 1.165) is 12.3 Å². The van der Waals surface area contributed by atoms with Gasteiger partial charge in [-0.3, -0.25) is 0 Å². The average Bonchev–Trinajstić information content (AvgIpc) is 2.79. The number of hydrogen-bond acceptors (Lipinski definition) is 2. The number of aryl methyl sites for hydroxylation is 1. The maximum Gasteiger partial charge on any atom is 0.125 e. The van der Waals surface area contributed by atoms with Crippen LogP contribution in [-0.4, -0.2) is 13.7 Å². The molecular formula is C14H21NO. The van der Waals surface area contributed by atoms with Crippen molar-refractivity contribution in [1.29, 1.82) is 0 Å². The first-order chi connectivity index (χ1) is 7.54. The largest absolute Gasteiger partial charge is 0.496 e. The van der Waals surface area contributed by atoms with Gasteiger partial charge >= 0.3 is 0 Å². The highest BCUT2D eigenvalue weighted by Gasteiger charge is 2.58. The Morgan fingerprint density at radius 3 is 2.56 bits per heavy atom. The molecule has 0 bridgehead atoms. The van der Waals surface area contributed by atoms with Crippen molar-refractivity contribution in [3.8, 4) is 5.75 Å². The molecule has 2 heteroatoms. The lowest BCUT2D eigenvalue weighted by Gasteiger charge is -2.12. The van der Waals surface area contributed by atoms with E-state index in [1.54, 1.807) is 7.11 Å². The van der Waals surface area contributed by atoms with Gasteiger partial charge in [0.1, 0.15) is 5.75 Å². The molecule has 2 nitrogen and oxygen atoms in total. The molecule has 0 heterocycles. The van der Waals surface area contributed by atoms with Crippen molar-refractivity contribution >= 4 is 0 Å². The van der Waals surface area contributed by atoms with Crippen LogP contribution in [0.2, 0.25) is 0 Å². The van der Waals surface area contributed by atoms with Gasteiger partial charge in [0.2, 0.25) is 0 Å². The summed E-state index contributed by atoms with van der Waals surface area (Å²) in [5.74, 6) is 2.17. The minimum atomic E-state index is 0.315. The van der Waals surface area contributed by atoms with E-state index in [0.29, 0.717) is 17.3 Å². The fraction of sp³-hybridized carbons (Fsp3) is 0.571. The van der Waals surface area contributed by atoms with Gasteiger partial charge in [-0.05, 0) is 41.8 Å². The van der Waals surface area contributed by atoms with Gasteiger partial charge in [-0.25, -0.2) is 0 Å². The molecule has 2 rings (SSSR count). The van der Waals surface area contributed by atoms with Gasteiger partial charge in [-0.15, -0.1) is 0 Å². The number of nitrogens with two attached hydrogens (primary N) is 1. The number of rotatable bonds is 3. The summed E-state index contributed by atoms with van der Waals surface area (Å²) in [7, 11) is 1.75. The highest BCUT2D eigenvalue weighted by Crippen LogP contribution is 2.65. The fourth-order valence-corrected chi connectivity index (χ4v) is 3.00. The molecule has 16 heavy (non-hydrogen) atoms. The van der Waals surface area contributed by atoms with Gasteiger partial charge in [-0.2, -0.15) is 0 Å². The molecule has 1 saturated carbocycles. The van der Waals surface area contributed by atoms with Crippen molar-refractivity contribution in [1.82, 2.24) is 0 Å². The van der Waals surface area contributed by atoms with E-state index >= 15 is 0 Å². The van der Waals surface area contributed by atoms with E-state index in [4.69, 9.17) is 10.5 Å². The van der Waals surface area contributed by atoms with Crippen LogP contribution in [0.15, 0.2) is 18.2 Å². The van der Waals surface area contributed by atoms with Crippen LogP contribution in [0.4, 0.5) is 0 Å². The van der Waals surface area contributed by atoms with Gasteiger partial charge in [0.25, 0.3) is 0 Å². The molecule has 2 N–H and O–H groups in total. The Labute approximate surface area is 97.8 Å². The summed E-state index contributed by atoms with van der Waals surface area (Å²) in [5.41, 5.74) is 8.67. The molecule has 1 fully saturated rings. The zero-order valence-corrected chi connectivity index (χ0v) is 10.6. The Bertz CT molecular complexity index is 398. The summed E-state index contributed by atoms with van der Waals surface area (Å²) in [4.78, 5) is 0.